The molecular weight excluding hydrogens is 677 g/mol. The van der Waals surface area contributed by atoms with Gasteiger partial charge in [0.05, 0.1) is 9.40 Å². The van der Waals surface area contributed by atoms with Crippen LogP contribution in [-0.2, 0) is 51.4 Å². The quantitative estimate of drug-likeness (QED) is 0.0785. The van der Waals surface area contributed by atoms with Crippen LogP contribution in [0.15, 0.2) is 84.5 Å². The van der Waals surface area contributed by atoms with Crippen LogP contribution in [0.4, 0.5) is 0 Å². The highest BCUT2D eigenvalue weighted by Gasteiger charge is 2.19. The van der Waals surface area contributed by atoms with Gasteiger partial charge in [-0.3, -0.25) is 0 Å². The summed E-state index contributed by atoms with van der Waals surface area (Å²) in [5, 5.41) is 3.15. The number of allylic oxidation sites excluding steroid dienone is 4. The smallest absolute Gasteiger partial charge is 0.0526 e. The maximum Gasteiger partial charge on any atom is 0.0526 e. The molecule has 0 unspecified atom stereocenters. The molecule has 3 aliphatic carbocycles. The van der Waals surface area contributed by atoms with Crippen molar-refractivity contribution in [2.24, 2.45) is 0 Å². The van der Waals surface area contributed by atoms with E-state index >= 15 is 0 Å². The van der Waals surface area contributed by atoms with Crippen LogP contribution in [-0.4, -0.2) is 0 Å². The molecule has 8 rings (SSSR count). The van der Waals surface area contributed by atoms with E-state index in [-0.39, 0.29) is 0 Å². The van der Waals surface area contributed by atoms with Gasteiger partial charge in [-0.05, 0) is 197 Å². The molecule has 5 aromatic rings. The summed E-state index contributed by atoms with van der Waals surface area (Å²) in [6.07, 6.45) is 25.5. The summed E-state index contributed by atoms with van der Waals surface area (Å²) in [6, 6.07) is 19.5. The van der Waals surface area contributed by atoms with Gasteiger partial charge < -0.3 is 0 Å². The predicted molar refractivity (Wildman–Crippen MR) is 239 cm³/mol. The van der Waals surface area contributed by atoms with Gasteiger partial charge in [0.1, 0.15) is 0 Å². The van der Waals surface area contributed by atoms with Crippen LogP contribution in [0.5, 0.6) is 0 Å². The first-order valence-corrected chi connectivity index (χ1v) is 22.4. The van der Waals surface area contributed by atoms with Crippen LogP contribution in [0.1, 0.15) is 139 Å². The average molecular weight is 741 g/mol. The van der Waals surface area contributed by atoms with Crippen molar-refractivity contribution in [1.29, 1.82) is 0 Å². The van der Waals surface area contributed by atoms with Crippen molar-refractivity contribution in [2.75, 3.05) is 0 Å². The molecule has 2 heterocycles. The van der Waals surface area contributed by atoms with Crippen molar-refractivity contribution in [1.82, 2.24) is 0 Å². The molecule has 53 heavy (non-hydrogen) atoms. The van der Waals surface area contributed by atoms with Gasteiger partial charge in [0.25, 0.3) is 0 Å². The molecule has 0 amide bonds. The van der Waals surface area contributed by atoms with Crippen LogP contribution in [0.3, 0.4) is 0 Å². The highest BCUT2D eigenvalue weighted by atomic mass is 32.1. The minimum atomic E-state index is 1.17. The molecule has 2 aromatic heterocycles. The molecule has 280 valence electrons. The molecule has 0 atom stereocenters. The Balaban J connectivity index is 0.000000379. The molecule has 0 bridgehead atoms. The lowest BCUT2D eigenvalue weighted by atomic mass is 9.86. The Morgan fingerprint density at radius 2 is 0.981 bits per heavy atom. The molecule has 3 aromatic carbocycles. The topological polar surface area (TPSA) is 0 Å². The fourth-order valence-electron chi connectivity index (χ4n) is 8.28. The van der Waals surface area contributed by atoms with E-state index in [1.54, 1.807) is 64.7 Å². The number of rotatable bonds is 14. The summed E-state index contributed by atoms with van der Waals surface area (Å²) < 4.78 is 3.11. The molecule has 1 saturated carbocycles. The lowest BCUT2D eigenvalue weighted by molar-refractivity contribution is 0.629. The fraction of sp³-hybridized carbons (Fsp3) is 0.451. The second-order valence-electron chi connectivity index (χ2n) is 16.3. The molecule has 0 aliphatic heterocycles. The zero-order valence-corrected chi connectivity index (χ0v) is 35.3. The number of thiophene rings is 2. The van der Waals surface area contributed by atoms with E-state index in [9.17, 15) is 0 Å². The number of fused-ring (bicyclic) bond motifs is 5. The van der Waals surface area contributed by atoms with Crippen LogP contribution in [0.25, 0.3) is 20.2 Å². The number of hydrogen-bond acceptors (Lipinski definition) is 2. The molecular formula is C51H64S2. The van der Waals surface area contributed by atoms with Crippen molar-refractivity contribution < 1.29 is 0 Å². The first-order valence-electron chi connectivity index (χ1n) is 20.8. The van der Waals surface area contributed by atoms with Crippen molar-refractivity contribution in [3.8, 4) is 0 Å². The van der Waals surface area contributed by atoms with E-state index in [0.29, 0.717) is 0 Å². The monoisotopic (exact) mass is 740 g/mol. The van der Waals surface area contributed by atoms with Gasteiger partial charge in [0.2, 0.25) is 0 Å². The molecule has 0 N–H and O–H groups in total. The Labute approximate surface area is 330 Å². The van der Waals surface area contributed by atoms with Crippen LogP contribution < -0.4 is 0 Å². The highest BCUT2D eigenvalue weighted by molar-refractivity contribution is 7.27. The van der Waals surface area contributed by atoms with E-state index in [4.69, 9.17) is 0 Å². The molecule has 0 nitrogen and oxygen atoms in total. The number of aryl methyl sites for hydroxylation is 10. The molecule has 1 fully saturated rings. The normalized spacial score (nSPS) is 14.7. The lowest BCUT2D eigenvalue weighted by Crippen LogP contribution is -2.08. The van der Waals surface area contributed by atoms with Crippen LogP contribution in [0.2, 0.25) is 0 Å². The Morgan fingerprint density at radius 1 is 0.566 bits per heavy atom. The summed E-state index contributed by atoms with van der Waals surface area (Å²) in [5.74, 6) is 0. The van der Waals surface area contributed by atoms with Gasteiger partial charge >= 0.3 is 0 Å². The molecule has 2 heteroatoms. The maximum absolute atomic E-state index is 3.84. The Kier molecular flexibility index (Phi) is 14.1. The van der Waals surface area contributed by atoms with Crippen LogP contribution in [0, 0.1) is 13.8 Å². The minimum Gasteiger partial charge on any atom is -0.139 e. The van der Waals surface area contributed by atoms with E-state index < -0.39 is 0 Å². The number of hydrogen-bond donors (Lipinski definition) is 0. The highest BCUT2D eigenvalue weighted by Crippen LogP contribution is 2.43. The van der Waals surface area contributed by atoms with Crippen LogP contribution >= 0.6 is 22.7 Å². The molecule has 0 spiro atoms. The number of benzene rings is 3. The average Bonchev–Trinajstić information content (AvgIpc) is 3.68. The van der Waals surface area contributed by atoms with Gasteiger partial charge in [-0.1, -0.05) is 85.9 Å². The van der Waals surface area contributed by atoms with Crippen molar-refractivity contribution in [3.05, 3.63) is 139 Å². The van der Waals surface area contributed by atoms with Crippen molar-refractivity contribution in [2.45, 2.75) is 150 Å². The van der Waals surface area contributed by atoms with E-state index in [1.165, 1.54) is 142 Å². The van der Waals surface area contributed by atoms with Gasteiger partial charge in [-0.15, -0.1) is 29.3 Å². The molecule has 0 saturated heterocycles. The second-order valence-corrected chi connectivity index (χ2v) is 18.8. The third-order valence-corrected chi connectivity index (χ3v) is 13.8. The molecule has 0 radical (unpaired) electrons. The summed E-state index contributed by atoms with van der Waals surface area (Å²) >= 11 is 4.04. The number of unbranched alkanes of at least 4 members (excludes halogenated alkanes) is 6. The van der Waals surface area contributed by atoms with E-state index in [0.717, 1.165) is 0 Å². The summed E-state index contributed by atoms with van der Waals surface area (Å²) in [5.41, 5.74) is 16.8. The second kappa shape index (κ2) is 18.9. The standard InChI is InChI=1S/C40H46S2.C7H10.C4H8/c1-27-23-37-35(13-9-5-3-7-11-29-15-17-31-19-21-33(31)25-29)36(38-24-28(2)42-40(38)39(37)41-27)14-10-6-4-8-12-30-16-18-32-20-22-34(32)26-30;1-3-7-5-4-6(7)2;1-4(2)3/h15-18,23-26H,3-14,19-22H2,1-2H3;3H,2,4-5H2,1H3;1H2,2-3H3/b;7-3-;. The fourth-order valence-corrected chi connectivity index (χ4v) is 10.5. The molecule has 3 aliphatic rings. The van der Waals surface area contributed by atoms with Crippen molar-refractivity contribution in [3.63, 3.8) is 0 Å². The van der Waals surface area contributed by atoms with Gasteiger partial charge in [0, 0.05) is 9.75 Å². The zero-order chi connectivity index (χ0) is 37.3. The first kappa shape index (κ1) is 39.5. The summed E-state index contributed by atoms with van der Waals surface area (Å²) in [4.78, 5) is 2.93. The lowest BCUT2D eigenvalue weighted by Gasteiger charge is -2.19. The zero-order valence-electron chi connectivity index (χ0n) is 33.7. The van der Waals surface area contributed by atoms with Gasteiger partial charge in [-0.2, -0.15) is 0 Å². The third-order valence-electron chi connectivity index (χ3n) is 11.6. The van der Waals surface area contributed by atoms with Gasteiger partial charge in [0.15, 0.2) is 0 Å². The maximum atomic E-state index is 3.84. The van der Waals surface area contributed by atoms with E-state index in [1.807, 2.05) is 36.5 Å². The minimum absolute atomic E-state index is 1.17. The summed E-state index contributed by atoms with van der Waals surface area (Å²) in [6.45, 7) is 18.0. The van der Waals surface area contributed by atoms with Gasteiger partial charge in [-0.25, -0.2) is 0 Å². The van der Waals surface area contributed by atoms with E-state index in [2.05, 4.69) is 88.5 Å². The Hall–Kier alpha value is -3.20. The Morgan fingerprint density at radius 3 is 1.28 bits per heavy atom. The largest absolute Gasteiger partial charge is 0.139 e. The first-order chi connectivity index (χ1) is 25.7. The van der Waals surface area contributed by atoms with Crippen molar-refractivity contribution >= 4 is 42.8 Å². The Bertz CT molecular complexity index is 1940. The SMILES string of the molecule is C=C(C)C.C=C1CC/C1=C/C.Cc1cc2c(CCCCCCc3ccc4c(c3)CC4)c(CCCCCCc3ccc4c(c3)CC4)c3cc(C)sc3c2s1. The summed E-state index contributed by atoms with van der Waals surface area (Å²) in [7, 11) is 0. The predicted octanol–water partition coefficient (Wildman–Crippen LogP) is 15.5. The third kappa shape index (κ3) is 10.3.